The Morgan fingerprint density at radius 1 is 0.897 bits per heavy atom. The van der Waals surface area contributed by atoms with Gasteiger partial charge in [0.1, 0.15) is 5.84 Å². The van der Waals surface area contributed by atoms with E-state index >= 15 is 0 Å². The molecule has 0 radical (unpaired) electrons. The van der Waals surface area contributed by atoms with Crippen molar-refractivity contribution in [2.75, 3.05) is 11.9 Å². The lowest BCUT2D eigenvalue weighted by molar-refractivity contribution is 0.592. The average molecular weight is 413 g/mol. The molecule has 1 aliphatic heterocycles. The van der Waals surface area contributed by atoms with E-state index in [-0.39, 0.29) is 11.8 Å². The van der Waals surface area contributed by atoms with Gasteiger partial charge in [-0.3, -0.25) is 0 Å². The van der Waals surface area contributed by atoms with E-state index < -0.39 is 10.0 Å². The molecule has 0 fully saturated rings. The van der Waals surface area contributed by atoms with Crippen molar-refractivity contribution in [3.8, 4) is 0 Å². The van der Waals surface area contributed by atoms with Crippen molar-refractivity contribution >= 4 is 21.5 Å². The van der Waals surface area contributed by atoms with Gasteiger partial charge >= 0.3 is 0 Å². The van der Waals surface area contributed by atoms with E-state index in [0.717, 1.165) is 22.4 Å². The van der Waals surface area contributed by atoms with Crippen LogP contribution in [0.5, 0.6) is 0 Å². The third-order valence-electron chi connectivity index (χ3n) is 5.65. The standard InChI is InChI=1S/C24H32N2O2S/c1-15(2)19-12-20(16(3)4)24(21(13-19)17(5)6)29(27,28)25-23-14-18-10-8-9-11-22(18)26(23)7/h8-13,15-17H,14H2,1-7H3/b25-23+. The van der Waals surface area contributed by atoms with E-state index in [2.05, 4.69) is 30.4 Å². The SMILES string of the molecule is CC(C)c1cc(C(C)C)c(S(=O)(=O)/N=C2\Cc3ccccc3N2C)c(C(C)C)c1. The van der Waals surface area contributed by atoms with Gasteiger partial charge < -0.3 is 4.90 Å². The zero-order valence-corrected chi connectivity index (χ0v) is 19.3. The molecule has 1 aliphatic rings. The van der Waals surface area contributed by atoms with Crippen LogP contribution in [-0.2, 0) is 16.4 Å². The van der Waals surface area contributed by atoms with Gasteiger partial charge in [0.05, 0.1) is 4.90 Å². The highest BCUT2D eigenvalue weighted by Crippen LogP contribution is 2.37. The van der Waals surface area contributed by atoms with Crippen molar-refractivity contribution < 1.29 is 8.42 Å². The van der Waals surface area contributed by atoms with Gasteiger partial charge in [-0.2, -0.15) is 8.42 Å². The van der Waals surface area contributed by atoms with E-state index in [9.17, 15) is 8.42 Å². The zero-order chi connectivity index (χ0) is 21.5. The molecule has 0 atom stereocenters. The fourth-order valence-corrected chi connectivity index (χ4v) is 5.62. The summed E-state index contributed by atoms with van der Waals surface area (Å²) in [4.78, 5) is 2.28. The van der Waals surface area contributed by atoms with Gasteiger partial charge in [0.2, 0.25) is 0 Å². The van der Waals surface area contributed by atoms with Crippen LogP contribution < -0.4 is 4.90 Å². The summed E-state index contributed by atoms with van der Waals surface area (Å²) in [5.74, 6) is 1.09. The molecule has 0 unspecified atom stereocenters. The maximum absolute atomic E-state index is 13.6. The Morgan fingerprint density at radius 3 is 1.93 bits per heavy atom. The number of rotatable bonds is 5. The third kappa shape index (κ3) is 4.11. The first-order chi connectivity index (χ1) is 13.5. The van der Waals surface area contributed by atoms with Crippen LogP contribution in [0.4, 0.5) is 5.69 Å². The molecule has 2 aromatic carbocycles. The molecular formula is C24H32N2O2S. The van der Waals surface area contributed by atoms with Crippen LogP contribution in [0.2, 0.25) is 0 Å². The molecule has 0 saturated carbocycles. The number of anilines is 1. The van der Waals surface area contributed by atoms with Gasteiger partial charge in [0.15, 0.2) is 0 Å². The lowest BCUT2D eigenvalue weighted by atomic mass is 9.89. The summed E-state index contributed by atoms with van der Waals surface area (Å²) >= 11 is 0. The maximum Gasteiger partial charge on any atom is 0.284 e. The predicted octanol–water partition coefficient (Wildman–Crippen LogP) is 5.84. The fraction of sp³-hybridized carbons (Fsp3) is 0.458. The average Bonchev–Trinajstić information content (AvgIpc) is 2.95. The summed E-state index contributed by atoms with van der Waals surface area (Å²) in [5, 5.41) is 0. The third-order valence-corrected chi connectivity index (χ3v) is 7.09. The molecule has 29 heavy (non-hydrogen) atoms. The highest BCUT2D eigenvalue weighted by molar-refractivity contribution is 7.90. The van der Waals surface area contributed by atoms with E-state index in [0.29, 0.717) is 23.1 Å². The van der Waals surface area contributed by atoms with Gasteiger partial charge in [-0.05, 0) is 46.1 Å². The van der Waals surface area contributed by atoms with Crippen LogP contribution in [0.25, 0.3) is 0 Å². The minimum atomic E-state index is -3.84. The van der Waals surface area contributed by atoms with E-state index in [4.69, 9.17) is 0 Å². The summed E-state index contributed by atoms with van der Waals surface area (Å²) in [6.45, 7) is 12.5. The second-order valence-electron chi connectivity index (χ2n) is 8.84. The first-order valence-electron chi connectivity index (χ1n) is 10.4. The van der Waals surface area contributed by atoms with Crippen LogP contribution in [0, 0.1) is 0 Å². The van der Waals surface area contributed by atoms with Crippen molar-refractivity contribution in [2.45, 2.75) is 70.6 Å². The van der Waals surface area contributed by atoms with Crippen molar-refractivity contribution in [3.05, 3.63) is 58.7 Å². The normalized spacial score (nSPS) is 15.8. The number of hydrogen-bond donors (Lipinski definition) is 0. The molecule has 4 nitrogen and oxygen atoms in total. The van der Waals surface area contributed by atoms with E-state index in [1.807, 2.05) is 63.9 Å². The molecule has 156 valence electrons. The first-order valence-corrected chi connectivity index (χ1v) is 11.8. The van der Waals surface area contributed by atoms with Crippen molar-refractivity contribution in [2.24, 2.45) is 4.40 Å². The topological polar surface area (TPSA) is 49.7 Å². The molecule has 5 heteroatoms. The number of amidine groups is 1. The molecule has 0 amide bonds. The van der Waals surface area contributed by atoms with Crippen LogP contribution in [0.15, 0.2) is 45.7 Å². The molecule has 3 rings (SSSR count). The van der Waals surface area contributed by atoms with Gasteiger partial charge in [0, 0.05) is 19.2 Å². The second kappa shape index (κ2) is 7.94. The van der Waals surface area contributed by atoms with Gasteiger partial charge in [-0.1, -0.05) is 71.9 Å². The summed E-state index contributed by atoms with van der Waals surface area (Å²) in [6.07, 6.45) is 0.532. The van der Waals surface area contributed by atoms with Crippen LogP contribution in [-0.4, -0.2) is 21.3 Å². The number of para-hydroxylation sites is 1. The van der Waals surface area contributed by atoms with Crippen molar-refractivity contribution in [3.63, 3.8) is 0 Å². The zero-order valence-electron chi connectivity index (χ0n) is 18.5. The summed E-state index contributed by atoms with van der Waals surface area (Å²) < 4.78 is 31.6. The molecule has 2 aromatic rings. The molecule has 0 aromatic heterocycles. The largest absolute Gasteiger partial charge is 0.332 e. The minimum absolute atomic E-state index is 0.0923. The number of likely N-dealkylation sites (N-methyl/N-ethyl adjacent to an activating group) is 1. The summed E-state index contributed by atoms with van der Waals surface area (Å²) in [7, 11) is -1.96. The molecular weight excluding hydrogens is 380 g/mol. The van der Waals surface area contributed by atoms with Gasteiger partial charge in [-0.15, -0.1) is 4.40 Å². The Kier molecular flexibility index (Phi) is 5.91. The fourth-order valence-electron chi connectivity index (χ4n) is 3.88. The second-order valence-corrected chi connectivity index (χ2v) is 10.4. The van der Waals surface area contributed by atoms with Crippen molar-refractivity contribution in [1.82, 2.24) is 0 Å². The Balaban J connectivity index is 2.19. The molecule has 0 saturated heterocycles. The number of sulfonamides is 1. The maximum atomic E-state index is 13.6. The highest BCUT2D eigenvalue weighted by atomic mass is 32.2. The minimum Gasteiger partial charge on any atom is -0.332 e. The van der Waals surface area contributed by atoms with E-state index in [1.165, 1.54) is 5.56 Å². The van der Waals surface area contributed by atoms with Gasteiger partial charge in [0.25, 0.3) is 10.0 Å². The van der Waals surface area contributed by atoms with E-state index in [1.54, 1.807) is 0 Å². The Hall–Kier alpha value is -2.14. The lowest BCUT2D eigenvalue weighted by Crippen LogP contribution is -2.23. The first kappa shape index (κ1) is 21.6. The smallest absolute Gasteiger partial charge is 0.284 e. The summed E-state index contributed by atoms with van der Waals surface area (Å²) in [6, 6.07) is 12.1. The number of hydrogen-bond acceptors (Lipinski definition) is 2. The number of nitrogens with zero attached hydrogens (tertiary/aromatic N) is 2. The highest BCUT2D eigenvalue weighted by Gasteiger charge is 2.30. The molecule has 1 heterocycles. The van der Waals surface area contributed by atoms with Crippen LogP contribution >= 0.6 is 0 Å². The monoisotopic (exact) mass is 412 g/mol. The quantitative estimate of drug-likeness (QED) is 0.620. The number of benzene rings is 2. The van der Waals surface area contributed by atoms with Crippen LogP contribution in [0.3, 0.4) is 0 Å². The molecule has 0 aliphatic carbocycles. The summed E-state index contributed by atoms with van der Waals surface area (Å²) in [5.41, 5.74) is 5.02. The Bertz CT molecular complexity index is 1020. The Labute approximate surface area is 175 Å². The predicted molar refractivity (Wildman–Crippen MR) is 122 cm³/mol. The molecule has 0 spiro atoms. The molecule has 0 N–H and O–H groups in total. The Morgan fingerprint density at radius 2 is 1.45 bits per heavy atom. The van der Waals surface area contributed by atoms with Crippen LogP contribution in [0.1, 0.15) is 81.5 Å². The lowest BCUT2D eigenvalue weighted by Gasteiger charge is -2.22. The van der Waals surface area contributed by atoms with Crippen molar-refractivity contribution in [1.29, 1.82) is 0 Å². The molecule has 0 bridgehead atoms. The van der Waals surface area contributed by atoms with Gasteiger partial charge in [-0.25, -0.2) is 0 Å². The number of fused-ring (bicyclic) bond motifs is 1.